The van der Waals surface area contributed by atoms with Crippen molar-refractivity contribution >= 4 is 28.5 Å². The number of thiophene rings is 1. The molecule has 0 radical (unpaired) electrons. The van der Waals surface area contributed by atoms with Gasteiger partial charge in [0.1, 0.15) is 0 Å². The number of aromatic amines is 1. The smallest absolute Gasteiger partial charge is 0.338 e. The van der Waals surface area contributed by atoms with Gasteiger partial charge in [0.05, 0.1) is 16.0 Å². The zero-order valence-corrected chi connectivity index (χ0v) is 9.36. The molecule has 3 aromatic rings. The van der Waals surface area contributed by atoms with Crippen molar-refractivity contribution in [1.29, 1.82) is 0 Å². The Morgan fingerprint density at radius 2 is 2.29 bits per heavy atom. The minimum Gasteiger partial charge on any atom is -0.478 e. The zero-order chi connectivity index (χ0) is 11.8. The van der Waals surface area contributed by atoms with E-state index < -0.39 is 5.97 Å². The molecule has 0 fully saturated rings. The number of aromatic nitrogens is 3. The number of nitrogens with one attached hydrogen (secondary N) is 1. The maximum Gasteiger partial charge on any atom is 0.338 e. The van der Waals surface area contributed by atoms with Crippen LogP contribution >= 0.6 is 11.3 Å². The molecule has 2 N–H and O–H groups in total. The molecule has 3 aromatic heterocycles. The number of hydrogen-bond donors (Lipinski definition) is 2. The Morgan fingerprint density at radius 1 is 1.41 bits per heavy atom. The lowest BCUT2D eigenvalue weighted by atomic mass is 10.2. The SMILES string of the molecule is O=C(O)c1ccnc2nc(-c3cccs3)[nH]c12. The molecule has 0 saturated carbocycles. The quantitative estimate of drug-likeness (QED) is 0.726. The van der Waals surface area contributed by atoms with Gasteiger partial charge in [-0.2, -0.15) is 0 Å². The van der Waals surface area contributed by atoms with E-state index in [2.05, 4.69) is 15.0 Å². The predicted molar refractivity (Wildman–Crippen MR) is 64.2 cm³/mol. The molecule has 0 aliphatic carbocycles. The highest BCUT2D eigenvalue weighted by atomic mass is 32.1. The van der Waals surface area contributed by atoms with Crippen LogP contribution in [0.5, 0.6) is 0 Å². The summed E-state index contributed by atoms with van der Waals surface area (Å²) < 4.78 is 0. The van der Waals surface area contributed by atoms with Crippen LogP contribution < -0.4 is 0 Å². The summed E-state index contributed by atoms with van der Waals surface area (Å²) in [6.07, 6.45) is 1.45. The zero-order valence-electron chi connectivity index (χ0n) is 8.54. The minimum absolute atomic E-state index is 0.185. The molecule has 0 unspecified atom stereocenters. The number of H-pyrrole nitrogens is 1. The Kier molecular flexibility index (Phi) is 2.15. The van der Waals surface area contributed by atoms with Gasteiger partial charge < -0.3 is 10.1 Å². The van der Waals surface area contributed by atoms with E-state index in [1.54, 1.807) is 0 Å². The van der Waals surface area contributed by atoms with Crippen LogP contribution in [0.3, 0.4) is 0 Å². The van der Waals surface area contributed by atoms with Gasteiger partial charge in [0.25, 0.3) is 0 Å². The van der Waals surface area contributed by atoms with Gasteiger partial charge >= 0.3 is 5.97 Å². The summed E-state index contributed by atoms with van der Waals surface area (Å²) in [5.41, 5.74) is 1.07. The number of nitrogens with zero attached hydrogens (tertiary/aromatic N) is 2. The van der Waals surface area contributed by atoms with Gasteiger partial charge in [0.15, 0.2) is 11.5 Å². The topological polar surface area (TPSA) is 78.9 Å². The molecule has 0 saturated heterocycles. The second-order valence-electron chi connectivity index (χ2n) is 3.42. The lowest BCUT2D eigenvalue weighted by molar-refractivity contribution is 0.0699. The largest absolute Gasteiger partial charge is 0.478 e. The van der Waals surface area contributed by atoms with Crippen molar-refractivity contribution in [3.63, 3.8) is 0 Å². The Bertz CT molecular complexity index is 688. The highest BCUT2D eigenvalue weighted by molar-refractivity contribution is 7.13. The van der Waals surface area contributed by atoms with Gasteiger partial charge in [-0.25, -0.2) is 14.8 Å². The van der Waals surface area contributed by atoms with E-state index in [1.807, 2.05) is 17.5 Å². The van der Waals surface area contributed by atoms with Crippen LogP contribution in [0, 0.1) is 0 Å². The van der Waals surface area contributed by atoms with Crippen molar-refractivity contribution in [1.82, 2.24) is 15.0 Å². The van der Waals surface area contributed by atoms with E-state index >= 15 is 0 Å². The lowest BCUT2D eigenvalue weighted by Crippen LogP contribution is -1.97. The number of pyridine rings is 1. The third-order valence-electron chi connectivity index (χ3n) is 2.38. The van der Waals surface area contributed by atoms with E-state index in [9.17, 15) is 4.79 Å². The fourth-order valence-corrected chi connectivity index (χ4v) is 2.29. The monoisotopic (exact) mass is 245 g/mol. The number of rotatable bonds is 2. The first kappa shape index (κ1) is 9.98. The summed E-state index contributed by atoms with van der Waals surface area (Å²) >= 11 is 1.54. The third kappa shape index (κ3) is 1.58. The van der Waals surface area contributed by atoms with Crippen molar-refractivity contribution in [3.05, 3.63) is 35.3 Å². The van der Waals surface area contributed by atoms with Crippen LogP contribution in [0.4, 0.5) is 0 Å². The van der Waals surface area contributed by atoms with Crippen LogP contribution in [0.2, 0.25) is 0 Å². The van der Waals surface area contributed by atoms with Crippen LogP contribution in [-0.4, -0.2) is 26.0 Å². The van der Waals surface area contributed by atoms with Crippen LogP contribution in [0.25, 0.3) is 21.9 Å². The molecule has 0 spiro atoms. The van der Waals surface area contributed by atoms with Crippen molar-refractivity contribution in [2.24, 2.45) is 0 Å². The molecule has 0 amide bonds. The Hall–Kier alpha value is -2.21. The van der Waals surface area contributed by atoms with Gasteiger partial charge in [0.2, 0.25) is 0 Å². The first-order valence-electron chi connectivity index (χ1n) is 4.87. The van der Waals surface area contributed by atoms with Crippen molar-refractivity contribution in [2.45, 2.75) is 0 Å². The molecule has 0 aliphatic heterocycles. The third-order valence-corrected chi connectivity index (χ3v) is 3.25. The number of carbonyl (C=O) groups is 1. The number of aromatic carboxylic acids is 1. The minimum atomic E-state index is -0.987. The normalized spacial score (nSPS) is 10.8. The van der Waals surface area contributed by atoms with Gasteiger partial charge in [-0.3, -0.25) is 0 Å². The van der Waals surface area contributed by atoms with Crippen molar-refractivity contribution in [3.8, 4) is 10.7 Å². The fourth-order valence-electron chi connectivity index (χ4n) is 1.62. The van der Waals surface area contributed by atoms with E-state index in [4.69, 9.17) is 5.11 Å². The van der Waals surface area contributed by atoms with Crippen molar-refractivity contribution in [2.75, 3.05) is 0 Å². The number of fused-ring (bicyclic) bond motifs is 1. The summed E-state index contributed by atoms with van der Waals surface area (Å²) in [5.74, 6) is -0.338. The summed E-state index contributed by atoms with van der Waals surface area (Å²) in [6, 6.07) is 5.29. The molecular formula is C11H7N3O2S. The first-order chi connectivity index (χ1) is 8.25. The average molecular weight is 245 g/mol. The van der Waals surface area contributed by atoms with Crippen molar-refractivity contribution < 1.29 is 9.90 Å². The Morgan fingerprint density at radius 3 is 3.00 bits per heavy atom. The molecule has 84 valence electrons. The molecule has 17 heavy (non-hydrogen) atoms. The molecule has 0 aliphatic rings. The Labute approximate surface area is 99.8 Å². The predicted octanol–water partition coefficient (Wildman–Crippen LogP) is 2.38. The number of carboxylic acids is 1. The number of imidazole rings is 1. The van der Waals surface area contributed by atoms with E-state index in [1.165, 1.54) is 23.6 Å². The summed E-state index contributed by atoms with van der Waals surface area (Å²) in [7, 11) is 0. The summed E-state index contributed by atoms with van der Waals surface area (Å²) in [6.45, 7) is 0. The van der Waals surface area contributed by atoms with Gasteiger partial charge in [-0.15, -0.1) is 11.3 Å². The van der Waals surface area contributed by atoms with Crippen LogP contribution in [0.1, 0.15) is 10.4 Å². The molecule has 6 heteroatoms. The maximum atomic E-state index is 11.0. The first-order valence-corrected chi connectivity index (χ1v) is 5.75. The molecule has 3 heterocycles. The number of carboxylic acid groups (broad SMARTS) is 1. The molecule has 5 nitrogen and oxygen atoms in total. The molecule has 0 aromatic carbocycles. The van der Waals surface area contributed by atoms with Gasteiger partial charge in [-0.05, 0) is 17.5 Å². The van der Waals surface area contributed by atoms with E-state index in [0.29, 0.717) is 17.0 Å². The lowest BCUT2D eigenvalue weighted by Gasteiger charge is -1.93. The Balaban J connectivity index is 2.26. The van der Waals surface area contributed by atoms with E-state index in [-0.39, 0.29) is 5.56 Å². The van der Waals surface area contributed by atoms with E-state index in [0.717, 1.165) is 4.88 Å². The van der Waals surface area contributed by atoms with Gasteiger partial charge in [0, 0.05) is 6.20 Å². The second-order valence-corrected chi connectivity index (χ2v) is 4.37. The molecule has 3 rings (SSSR count). The summed E-state index contributed by atoms with van der Waals surface area (Å²) in [4.78, 5) is 23.3. The molecule has 0 atom stereocenters. The standard InChI is InChI=1S/C11H7N3O2S/c15-11(16)6-3-4-12-10-8(6)13-9(14-10)7-2-1-5-17-7/h1-5H,(H,15,16)(H,12,13,14). The number of hydrogen-bond acceptors (Lipinski definition) is 4. The molecular weight excluding hydrogens is 238 g/mol. The second kappa shape index (κ2) is 3.67. The van der Waals surface area contributed by atoms with Gasteiger partial charge in [-0.1, -0.05) is 6.07 Å². The van der Waals surface area contributed by atoms with Crippen LogP contribution in [0.15, 0.2) is 29.8 Å². The molecule has 0 bridgehead atoms. The highest BCUT2D eigenvalue weighted by Crippen LogP contribution is 2.24. The van der Waals surface area contributed by atoms with Crippen LogP contribution in [-0.2, 0) is 0 Å². The summed E-state index contributed by atoms with van der Waals surface area (Å²) in [5, 5.41) is 11.0. The maximum absolute atomic E-state index is 11.0. The fraction of sp³-hybridized carbons (Fsp3) is 0. The highest BCUT2D eigenvalue weighted by Gasteiger charge is 2.14. The average Bonchev–Trinajstić information content (AvgIpc) is 2.96.